The Morgan fingerprint density at radius 2 is 2.05 bits per heavy atom. The minimum atomic E-state index is -0.329. The Morgan fingerprint density at radius 1 is 1.35 bits per heavy atom. The first-order chi connectivity index (χ1) is 9.60. The highest BCUT2D eigenvalue weighted by atomic mass is 16.6. The first-order valence-corrected chi connectivity index (χ1v) is 6.29. The van der Waals surface area contributed by atoms with Crippen molar-refractivity contribution in [1.29, 1.82) is 0 Å². The molecular formula is C15H20N2O3. The van der Waals surface area contributed by atoms with Crippen LogP contribution >= 0.6 is 0 Å². The van der Waals surface area contributed by atoms with Crippen LogP contribution < -0.4 is 10.1 Å². The number of carbonyl (C=O) groups is 1. The van der Waals surface area contributed by atoms with Gasteiger partial charge in [-0.1, -0.05) is 22.9 Å². The van der Waals surface area contributed by atoms with Crippen molar-refractivity contribution in [3.05, 3.63) is 41.5 Å². The summed E-state index contributed by atoms with van der Waals surface area (Å²) < 4.78 is 5.68. The largest absolute Gasteiger partial charge is 0.489 e. The zero-order valence-electron chi connectivity index (χ0n) is 12.3. The van der Waals surface area contributed by atoms with Gasteiger partial charge in [-0.15, -0.1) is 0 Å². The number of carbonyl (C=O) groups excluding carboxylic acids is 1. The number of rotatable bonds is 6. The van der Waals surface area contributed by atoms with Crippen molar-refractivity contribution in [2.45, 2.75) is 13.8 Å². The predicted molar refractivity (Wildman–Crippen MR) is 79.0 cm³/mol. The minimum Gasteiger partial charge on any atom is -0.489 e. The molecule has 1 rings (SSSR count). The molecule has 0 atom stereocenters. The van der Waals surface area contributed by atoms with Gasteiger partial charge in [-0.3, -0.25) is 4.79 Å². The van der Waals surface area contributed by atoms with Crippen LogP contribution in [0.2, 0.25) is 0 Å². The molecule has 0 bridgehead atoms. The molecule has 20 heavy (non-hydrogen) atoms. The Kier molecular flexibility index (Phi) is 6.29. The zero-order valence-corrected chi connectivity index (χ0v) is 12.3. The highest BCUT2D eigenvalue weighted by molar-refractivity contribution is 6.45. The van der Waals surface area contributed by atoms with E-state index in [1.165, 1.54) is 12.7 Å². The lowest BCUT2D eigenvalue weighted by Gasteiger charge is -2.11. The Hall–Kier alpha value is -2.30. The summed E-state index contributed by atoms with van der Waals surface area (Å²) >= 11 is 0. The maximum Gasteiger partial charge on any atom is 0.273 e. The molecule has 0 saturated heterocycles. The van der Waals surface area contributed by atoms with Crippen LogP contribution in [0.3, 0.4) is 0 Å². The van der Waals surface area contributed by atoms with Gasteiger partial charge >= 0.3 is 0 Å². The van der Waals surface area contributed by atoms with Gasteiger partial charge in [0.2, 0.25) is 0 Å². The Bertz CT molecular complexity index is 518. The number of hydrogen-bond donors (Lipinski definition) is 1. The molecule has 0 fully saturated rings. The third kappa shape index (κ3) is 4.42. The zero-order chi connectivity index (χ0) is 15.0. The van der Waals surface area contributed by atoms with Crippen LogP contribution in [0, 0.1) is 0 Å². The van der Waals surface area contributed by atoms with E-state index in [4.69, 9.17) is 9.57 Å². The lowest BCUT2D eigenvalue weighted by Crippen LogP contribution is -2.29. The topological polar surface area (TPSA) is 59.9 Å². The fraction of sp³-hybridized carbons (Fsp3) is 0.333. The summed E-state index contributed by atoms with van der Waals surface area (Å²) in [5, 5.41) is 6.31. The molecule has 1 amide bonds. The molecule has 0 saturated carbocycles. The number of hydrogen-bond acceptors (Lipinski definition) is 4. The van der Waals surface area contributed by atoms with Crippen molar-refractivity contribution in [1.82, 2.24) is 5.32 Å². The van der Waals surface area contributed by atoms with Gasteiger partial charge in [0.15, 0.2) is 5.71 Å². The first kappa shape index (κ1) is 15.8. The van der Waals surface area contributed by atoms with E-state index in [9.17, 15) is 4.79 Å². The third-order valence-electron chi connectivity index (χ3n) is 2.50. The fourth-order valence-electron chi connectivity index (χ4n) is 1.51. The molecular weight excluding hydrogens is 256 g/mol. The molecule has 0 radical (unpaired) electrons. The molecule has 0 unspecified atom stereocenters. The van der Waals surface area contributed by atoms with Gasteiger partial charge in [0.1, 0.15) is 19.5 Å². The van der Waals surface area contributed by atoms with Crippen molar-refractivity contribution in [3.63, 3.8) is 0 Å². The number of para-hydroxylation sites is 1. The average Bonchev–Trinajstić information content (AvgIpc) is 2.44. The van der Waals surface area contributed by atoms with E-state index in [0.717, 1.165) is 0 Å². The Morgan fingerprint density at radius 3 is 2.65 bits per heavy atom. The van der Waals surface area contributed by atoms with Gasteiger partial charge in [0.05, 0.1) is 5.56 Å². The molecule has 0 aliphatic rings. The molecule has 0 spiro atoms. The van der Waals surface area contributed by atoms with Crippen LogP contribution in [0.15, 0.2) is 41.1 Å². The second kappa shape index (κ2) is 7.99. The standard InChI is InChI=1S/C15H20N2O3/c1-11(2)9-10-20-13-8-6-5-7-12(13)14(17-19-4)15(18)16-3/h5-9H,10H2,1-4H3,(H,16,18). The Labute approximate surface area is 119 Å². The molecule has 0 aliphatic heterocycles. The molecule has 5 nitrogen and oxygen atoms in total. The van der Waals surface area contributed by atoms with Crippen molar-refractivity contribution in [3.8, 4) is 5.75 Å². The van der Waals surface area contributed by atoms with E-state index in [2.05, 4.69) is 10.5 Å². The van der Waals surface area contributed by atoms with Gasteiger partial charge < -0.3 is 14.9 Å². The number of ether oxygens (including phenoxy) is 1. The first-order valence-electron chi connectivity index (χ1n) is 6.29. The van der Waals surface area contributed by atoms with Crippen molar-refractivity contribution < 1.29 is 14.4 Å². The summed E-state index contributed by atoms with van der Waals surface area (Å²) in [6.45, 7) is 4.43. The van der Waals surface area contributed by atoms with Crippen molar-refractivity contribution in [2.24, 2.45) is 5.16 Å². The SMILES string of the molecule is CNC(=O)C(=NOC)c1ccccc1OCC=C(C)C. The summed E-state index contributed by atoms with van der Waals surface area (Å²) in [5.74, 6) is 0.259. The fourth-order valence-corrected chi connectivity index (χ4v) is 1.51. The third-order valence-corrected chi connectivity index (χ3v) is 2.50. The lowest BCUT2D eigenvalue weighted by atomic mass is 10.1. The highest BCUT2D eigenvalue weighted by Crippen LogP contribution is 2.19. The average molecular weight is 276 g/mol. The summed E-state index contributed by atoms with van der Waals surface area (Å²) in [6.07, 6.45) is 1.96. The molecule has 1 aromatic carbocycles. The lowest BCUT2D eigenvalue weighted by molar-refractivity contribution is -0.114. The Balaban J connectivity index is 3.07. The summed E-state index contributed by atoms with van der Waals surface area (Å²) in [7, 11) is 2.94. The number of likely N-dealkylation sites (N-methyl/N-ethyl adjacent to an activating group) is 1. The van der Waals surface area contributed by atoms with Crippen LogP contribution in [-0.4, -0.2) is 32.4 Å². The van der Waals surface area contributed by atoms with Crippen LogP contribution in [0.25, 0.3) is 0 Å². The normalized spacial score (nSPS) is 10.7. The van der Waals surface area contributed by atoms with E-state index in [-0.39, 0.29) is 11.6 Å². The second-order valence-corrected chi connectivity index (χ2v) is 4.29. The summed E-state index contributed by atoms with van der Waals surface area (Å²) in [6, 6.07) is 7.22. The molecule has 5 heteroatoms. The van der Waals surface area contributed by atoms with Gasteiger partial charge in [-0.05, 0) is 32.1 Å². The van der Waals surface area contributed by atoms with Gasteiger partial charge in [0.25, 0.3) is 5.91 Å². The minimum absolute atomic E-state index is 0.183. The van der Waals surface area contributed by atoms with E-state index >= 15 is 0 Å². The van der Waals surface area contributed by atoms with E-state index < -0.39 is 0 Å². The highest BCUT2D eigenvalue weighted by Gasteiger charge is 2.17. The molecule has 0 aromatic heterocycles. The quantitative estimate of drug-likeness (QED) is 0.492. The van der Waals surface area contributed by atoms with Crippen molar-refractivity contribution >= 4 is 11.6 Å². The van der Waals surface area contributed by atoms with E-state index in [1.54, 1.807) is 19.2 Å². The number of amides is 1. The predicted octanol–water partition coefficient (Wildman–Crippen LogP) is 2.13. The van der Waals surface area contributed by atoms with Gasteiger partial charge in [-0.2, -0.15) is 0 Å². The summed E-state index contributed by atoms with van der Waals surface area (Å²) in [5.41, 5.74) is 1.94. The molecule has 0 heterocycles. The maximum atomic E-state index is 11.8. The smallest absolute Gasteiger partial charge is 0.273 e. The monoisotopic (exact) mass is 276 g/mol. The molecule has 1 N–H and O–H groups in total. The van der Waals surface area contributed by atoms with Crippen LogP contribution in [0.1, 0.15) is 19.4 Å². The number of oxime groups is 1. The van der Waals surface area contributed by atoms with Crippen LogP contribution in [-0.2, 0) is 9.63 Å². The van der Waals surface area contributed by atoms with Gasteiger partial charge in [-0.25, -0.2) is 0 Å². The number of benzene rings is 1. The molecule has 1 aromatic rings. The number of nitrogens with one attached hydrogen (secondary N) is 1. The molecule has 0 aliphatic carbocycles. The number of allylic oxidation sites excluding steroid dienone is 1. The van der Waals surface area contributed by atoms with Crippen LogP contribution in [0.5, 0.6) is 5.75 Å². The second-order valence-electron chi connectivity index (χ2n) is 4.29. The van der Waals surface area contributed by atoms with Crippen LogP contribution in [0.4, 0.5) is 0 Å². The molecule has 108 valence electrons. The van der Waals surface area contributed by atoms with Crippen molar-refractivity contribution in [2.75, 3.05) is 20.8 Å². The van der Waals surface area contributed by atoms with E-state index in [1.807, 2.05) is 32.1 Å². The van der Waals surface area contributed by atoms with Gasteiger partial charge in [0, 0.05) is 7.05 Å². The summed E-state index contributed by atoms with van der Waals surface area (Å²) in [4.78, 5) is 16.6. The number of nitrogens with zero attached hydrogens (tertiary/aromatic N) is 1. The van der Waals surface area contributed by atoms with E-state index in [0.29, 0.717) is 17.9 Å². The maximum absolute atomic E-state index is 11.8.